The van der Waals surface area contributed by atoms with Gasteiger partial charge in [-0.2, -0.15) is 4.98 Å². The first-order valence-electron chi connectivity index (χ1n) is 6.71. The maximum Gasteiger partial charge on any atom is 0.223 e. The third kappa shape index (κ3) is 4.79. The van der Waals surface area contributed by atoms with Crippen molar-refractivity contribution in [3.05, 3.63) is 46.6 Å². The maximum absolute atomic E-state index is 12.2. The number of hydrogen-bond donors (Lipinski definition) is 1. The molecule has 6 nitrogen and oxygen atoms in total. The summed E-state index contributed by atoms with van der Waals surface area (Å²) in [5.41, 5.74) is 0.190. The van der Waals surface area contributed by atoms with Gasteiger partial charge in [0.15, 0.2) is 5.82 Å². The van der Waals surface area contributed by atoms with Gasteiger partial charge in [0.25, 0.3) is 0 Å². The van der Waals surface area contributed by atoms with Crippen LogP contribution in [0.4, 0.5) is 0 Å². The number of hydrogen-bond acceptors (Lipinski definition) is 5. The molecule has 0 spiro atoms. The topological polar surface area (TPSA) is 85.1 Å². The Balaban J connectivity index is 2.08. The van der Waals surface area contributed by atoms with Crippen LogP contribution in [0.25, 0.3) is 0 Å². The van der Waals surface area contributed by atoms with Gasteiger partial charge < -0.3 is 4.52 Å². The number of sulfonamides is 1. The van der Waals surface area contributed by atoms with Gasteiger partial charge >= 0.3 is 0 Å². The van der Waals surface area contributed by atoms with Crippen molar-refractivity contribution in [2.24, 2.45) is 0 Å². The lowest BCUT2D eigenvalue weighted by molar-refractivity contribution is 0.388. The number of aromatic nitrogens is 2. The molecule has 0 fully saturated rings. The number of nitrogens with one attached hydrogen (secondary N) is 1. The Hall–Kier alpha value is -1.44. The second-order valence-electron chi connectivity index (χ2n) is 5.74. The van der Waals surface area contributed by atoms with Crippen LogP contribution in [0.2, 0.25) is 5.02 Å². The van der Waals surface area contributed by atoms with Crippen molar-refractivity contribution < 1.29 is 12.9 Å². The highest BCUT2D eigenvalue weighted by Gasteiger charge is 2.27. The van der Waals surface area contributed by atoms with Crippen molar-refractivity contribution in [2.75, 3.05) is 0 Å². The second kappa shape index (κ2) is 6.36. The quantitative estimate of drug-likeness (QED) is 0.870. The molecule has 8 heteroatoms. The summed E-state index contributed by atoms with van der Waals surface area (Å²) in [5.74, 6) is 0.148. The lowest BCUT2D eigenvalue weighted by Gasteiger charge is -2.26. The molecule has 2 rings (SSSR count). The first-order valence-corrected chi connectivity index (χ1v) is 8.74. The zero-order chi connectivity index (χ0) is 16.4. The molecule has 0 aliphatic carbocycles. The summed E-state index contributed by atoms with van der Waals surface area (Å²) in [6, 6.07) is 7.36. The predicted molar refractivity (Wildman–Crippen MR) is 84.0 cm³/mol. The highest BCUT2D eigenvalue weighted by molar-refractivity contribution is 7.88. The molecule has 120 valence electrons. The van der Waals surface area contributed by atoms with Crippen molar-refractivity contribution in [1.82, 2.24) is 14.9 Å². The molecule has 0 radical (unpaired) electrons. The molecule has 0 aliphatic heterocycles. The largest absolute Gasteiger partial charge is 0.340 e. The predicted octanol–water partition coefficient (Wildman–Crippen LogP) is 2.47. The molecule has 22 heavy (non-hydrogen) atoms. The smallest absolute Gasteiger partial charge is 0.223 e. The van der Waals surface area contributed by atoms with Crippen LogP contribution in [0, 0.1) is 6.92 Å². The summed E-state index contributed by atoms with van der Waals surface area (Å²) in [6.07, 6.45) is 0.469. The van der Waals surface area contributed by atoms with Gasteiger partial charge in [0.2, 0.25) is 15.9 Å². The van der Waals surface area contributed by atoms with Crippen LogP contribution in [-0.2, 0) is 22.2 Å². The minimum Gasteiger partial charge on any atom is -0.340 e. The van der Waals surface area contributed by atoms with Gasteiger partial charge in [0, 0.05) is 17.5 Å². The van der Waals surface area contributed by atoms with Crippen LogP contribution >= 0.6 is 11.6 Å². The van der Waals surface area contributed by atoms with Crippen LogP contribution in [-0.4, -0.2) is 24.1 Å². The Morgan fingerprint density at radius 2 is 2.00 bits per heavy atom. The van der Waals surface area contributed by atoms with Crippen molar-refractivity contribution >= 4 is 21.6 Å². The average molecular weight is 344 g/mol. The Morgan fingerprint density at radius 1 is 1.32 bits per heavy atom. The fraction of sp³-hybridized carbons (Fsp3) is 0.429. The van der Waals surface area contributed by atoms with E-state index in [0.29, 0.717) is 17.3 Å². The van der Waals surface area contributed by atoms with E-state index in [-0.39, 0.29) is 11.6 Å². The Labute approximate surface area is 134 Å². The van der Waals surface area contributed by atoms with Gasteiger partial charge in [0.1, 0.15) is 5.75 Å². The van der Waals surface area contributed by atoms with E-state index in [1.165, 1.54) is 0 Å². The van der Waals surface area contributed by atoms with Crippen molar-refractivity contribution in [1.29, 1.82) is 0 Å². The summed E-state index contributed by atoms with van der Waals surface area (Å²) < 4.78 is 31.9. The van der Waals surface area contributed by atoms with Crippen LogP contribution in [0.1, 0.15) is 31.1 Å². The number of rotatable bonds is 6. The highest BCUT2D eigenvalue weighted by atomic mass is 35.5. The van der Waals surface area contributed by atoms with E-state index in [4.69, 9.17) is 16.1 Å². The molecule has 1 aromatic heterocycles. The molecule has 0 bridgehead atoms. The Kier molecular flexibility index (Phi) is 4.89. The maximum atomic E-state index is 12.2. The van der Waals surface area contributed by atoms with Crippen LogP contribution in [0.3, 0.4) is 0 Å². The zero-order valence-electron chi connectivity index (χ0n) is 12.6. The van der Waals surface area contributed by atoms with E-state index in [9.17, 15) is 8.42 Å². The number of halogens is 1. The summed E-state index contributed by atoms with van der Waals surface area (Å²) in [5, 5.41) is 4.22. The normalized spacial score (nSPS) is 12.5. The zero-order valence-corrected chi connectivity index (χ0v) is 14.2. The Morgan fingerprint density at radius 3 is 2.59 bits per heavy atom. The SMILES string of the molecule is Cc1nc(CS(=O)(=O)NC(C)(C)Cc2ccccc2Cl)no1. The molecule has 1 heterocycles. The summed E-state index contributed by atoms with van der Waals surface area (Å²) in [6.45, 7) is 5.21. The van der Waals surface area contributed by atoms with Gasteiger partial charge in [-0.3, -0.25) is 0 Å². The highest BCUT2D eigenvalue weighted by Crippen LogP contribution is 2.21. The molecule has 0 unspecified atom stereocenters. The molecule has 0 saturated carbocycles. The minimum absolute atomic E-state index is 0.138. The molecule has 1 aromatic carbocycles. The molecule has 1 N–H and O–H groups in total. The van der Waals surface area contributed by atoms with Gasteiger partial charge in [0.05, 0.1) is 0 Å². The lowest BCUT2D eigenvalue weighted by Crippen LogP contribution is -2.45. The molecule has 0 atom stereocenters. The number of aryl methyl sites for hydroxylation is 1. The summed E-state index contributed by atoms with van der Waals surface area (Å²) in [7, 11) is -3.59. The summed E-state index contributed by atoms with van der Waals surface area (Å²) in [4.78, 5) is 3.91. The van der Waals surface area contributed by atoms with Crippen LogP contribution in [0.15, 0.2) is 28.8 Å². The molecule has 0 aliphatic rings. The second-order valence-corrected chi connectivity index (χ2v) is 7.87. The van der Waals surface area contributed by atoms with Crippen molar-refractivity contribution in [2.45, 2.75) is 38.5 Å². The molecular formula is C14H18ClN3O3S. The minimum atomic E-state index is -3.59. The standard InChI is InChI=1S/C14H18ClN3O3S/c1-10-16-13(17-21-10)9-22(19,20)18-14(2,3)8-11-6-4-5-7-12(11)15/h4-7,18H,8-9H2,1-3H3. The van der Waals surface area contributed by atoms with Crippen molar-refractivity contribution in [3.8, 4) is 0 Å². The van der Waals surface area contributed by atoms with E-state index < -0.39 is 15.6 Å². The van der Waals surface area contributed by atoms with E-state index in [1.807, 2.05) is 18.2 Å². The lowest BCUT2D eigenvalue weighted by atomic mass is 9.96. The van der Waals surface area contributed by atoms with Gasteiger partial charge in [-0.1, -0.05) is 35.0 Å². The Bertz CT molecular complexity index is 756. The summed E-state index contributed by atoms with van der Waals surface area (Å²) >= 11 is 6.12. The van der Waals surface area contributed by atoms with Gasteiger partial charge in [-0.05, 0) is 31.9 Å². The number of benzene rings is 1. The van der Waals surface area contributed by atoms with E-state index in [0.717, 1.165) is 5.56 Å². The molecule has 2 aromatic rings. The first-order chi connectivity index (χ1) is 10.2. The fourth-order valence-corrected chi connectivity index (χ4v) is 3.83. The average Bonchev–Trinajstić information content (AvgIpc) is 2.75. The van der Waals surface area contributed by atoms with E-state index in [1.54, 1.807) is 26.8 Å². The van der Waals surface area contributed by atoms with Crippen LogP contribution < -0.4 is 4.72 Å². The van der Waals surface area contributed by atoms with Gasteiger partial charge in [-0.25, -0.2) is 13.1 Å². The van der Waals surface area contributed by atoms with E-state index in [2.05, 4.69) is 14.9 Å². The van der Waals surface area contributed by atoms with Crippen LogP contribution in [0.5, 0.6) is 0 Å². The number of nitrogens with zero attached hydrogens (tertiary/aromatic N) is 2. The molecule has 0 amide bonds. The first kappa shape index (κ1) is 16.9. The molecular weight excluding hydrogens is 326 g/mol. The third-order valence-electron chi connectivity index (χ3n) is 2.91. The monoisotopic (exact) mass is 343 g/mol. The van der Waals surface area contributed by atoms with E-state index >= 15 is 0 Å². The molecule has 0 saturated heterocycles. The van der Waals surface area contributed by atoms with Gasteiger partial charge in [-0.15, -0.1) is 0 Å². The fourth-order valence-electron chi connectivity index (χ4n) is 2.18. The third-order valence-corrected chi connectivity index (χ3v) is 4.78. The van der Waals surface area contributed by atoms with Crippen molar-refractivity contribution in [3.63, 3.8) is 0 Å².